The molecule has 3 heteroatoms. The Balaban J connectivity index is 0.983. The molecule has 9 aromatic carbocycles. The Bertz CT molecular complexity index is 3300. The molecule has 0 aliphatic heterocycles. The van der Waals surface area contributed by atoms with Gasteiger partial charge >= 0.3 is 0 Å². The number of hydrogen-bond donors (Lipinski definition) is 0. The summed E-state index contributed by atoms with van der Waals surface area (Å²) in [5.74, 6) is 0.658. The summed E-state index contributed by atoms with van der Waals surface area (Å²) in [6, 6.07) is 84.2. The van der Waals surface area contributed by atoms with Crippen molar-refractivity contribution < 1.29 is 0 Å². The standard InChI is InChI=1S/C60H48N2Si/c1-5-18-43(19-6-1)46-36-41-58-55(42-46)53-27-14-16-30-57(53)62(58)59-31-17-28-54-52-26-13-15-29-56(52)61(60(54)59)47-37-32-44(33-38-47)45-34-39-51(40-35-45)63(48-20-7-2-8-21-48,49-22-9-3-10-23-49)50-24-11-4-12-25-50/h2-4,7-17,20-43H,1,5-6,18-19H2. The van der Waals surface area contributed by atoms with E-state index in [2.05, 4.69) is 234 Å². The summed E-state index contributed by atoms with van der Waals surface area (Å²) in [5, 5.41) is 10.7. The van der Waals surface area contributed by atoms with E-state index in [0.717, 1.165) is 5.69 Å². The van der Waals surface area contributed by atoms with Gasteiger partial charge in [0.2, 0.25) is 0 Å². The van der Waals surface area contributed by atoms with Gasteiger partial charge in [-0.1, -0.05) is 201 Å². The zero-order chi connectivity index (χ0) is 41.7. The van der Waals surface area contributed by atoms with Crippen molar-refractivity contribution in [2.75, 3.05) is 0 Å². The third-order valence-electron chi connectivity index (χ3n) is 14.1. The lowest BCUT2D eigenvalue weighted by molar-refractivity contribution is 0.444. The summed E-state index contributed by atoms with van der Waals surface area (Å²) >= 11 is 0. The van der Waals surface area contributed by atoms with Crippen molar-refractivity contribution in [3.8, 4) is 22.5 Å². The number of para-hydroxylation sites is 3. The van der Waals surface area contributed by atoms with Crippen LogP contribution < -0.4 is 20.7 Å². The lowest BCUT2D eigenvalue weighted by Crippen LogP contribution is -2.74. The van der Waals surface area contributed by atoms with Crippen LogP contribution in [0.4, 0.5) is 0 Å². The highest BCUT2D eigenvalue weighted by Gasteiger charge is 2.41. The molecule has 0 radical (unpaired) electrons. The molecule has 2 heterocycles. The predicted molar refractivity (Wildman–Crippen MR) is 270 cm³/mol. The van der Waals surface area contributed by atoms with E-state index in [0.29, 0.717) is 5.92 Å². The number of benzene rings is 9. The molecule has 0 N–H and O–H groups in total. The normalized spacial score (nSPS) is 13.7. The fraction of sp³-hybridized carbons (Fsp3) is 0.100. The third kappa shape index (κ3) is 6.13. The van der Waals surface area contributed by atoms with Crippen LogP contribution >= 0.6 is 0 Å². The second-order valence-electron chi connectivity index (χ2n) is 17.5. The highest BCUT2D eigenvalue weighted by Crippen LogP contribution is 2.41. The van der Waals surface area contributed by atoms with Gasteiger partial charge in [-0.25, -0.2) is 0 Å². The molecule has 2 nitrogen and oxygen atoms in total. The van der Waals surface area contributed by atoms with Crippen molar-refractivity contribution in [1.82, 2.24) is 9.13 Å². The molecule has 11 aromatic rings. The quantitative estimate of drug-likeness (QED) is 0.107. The summed E-state index contributed by atoms with van der Waals surface area (Å²) in [6.45, 7) is 0. The Kier molecular flexibility index (Phi) is 9.30. The largest absolute Gasteiger partial charge is 0.307 e. The van der Waals surface area contributed by atoms with E-state index < -0.39 is 8.07 Å². The van der Waals surface area contributed by atoms with E-state index in [1.54, 1.807) is 0 Å². The summed E-state index contributed by atoms with van der Waals surface area (Å²) in [6.07, 6.45) is 6.64. The van der Waals surface area contributed by atoms with Crippen LogP contribution in [0, 0.1) is 0 Å². The molecule has 0 amide bonds. The van der Waals surface area contributed by atoms with E-state index >= 15 is 0 Å². The minimum atomic E-state index is -2.60. The number of nitrogens with zero attached hydrogens (tertiary/aromatic N) is 2. The second kappa shape index (κ2) is 15.6. The van der Waals surface area contributed by atoms with Crippen LogP contribution in [-0.4, -0.2) is 17.2 Å². The summed E-state index contributed by atoms with van der Waals surface area (Å²) in [5.41, 5.74) is 11.2. The molecular formula is C60H48N2Si. The maximum atomic E-state index is 2.52. The first-order valence-electron chi connectivity index (χ1n) is 22.7. The van der Waals surface area contributed by atoms with Crippen molar-refractivity contribution in [3.63, 3.8) is 0 Å². The Morgan fingerprint density at radius 2 is 0.825 bits per heavy atom. The molecule has 302 valence electrons. The molecule has 2 aromatic heterocycles. The van der Waals surface area contributed by atoms with Crippen molar-refractivity contribution in [2.45, 2.75) is 38.0 Å². The van der Waals surface area contributed by atoms with Crippen LogP contribution in [0.3, 0.4) is 0 Å². The Labute approximate surface area is 370 Å². The molecule has 0 bridgehead atoms. The molecule has 1 aliphatic carbocycles. The fourth-order valence-electron chi connectivity index (χ4n) is 11.2. The van der Waals surface area contributed by atoms with Gasteiger partial charge in [-0.15, -0.1) is 0 Å². The van der Waals surface area contributed by atoms with Crippen LogP contribution in [0.5, 0.6) is 0 Å². The van der Waals surface area contributed by atoms with E-state index in [-0.39, 0.29) is 0 Å². The van der Waals surface area contributed by atoms with Crippen molar-refractivity contribution in [3.05, 3.63) is 230 Å². The summed E-state index contributed by atoms with van der Waals surface area (Å²) in [4.78, 5) is 0. The average Bonchev–Trinajstić information content (AvgIpc) is 3.89. The van der Waals surface area contributed by atoms with Crippen molar-refractivity contribution in [1.29, 1.82) is 0 Å². The zero-order valence-corrected chi connectivity index (χ0v) is 36.4. The molecule has 1 saturated carbocycles. The van der Waals surface area contributed by atoms with Gasteiger partial charge in [0.05, 0.1) is 27.8 Å². The van der Waals surface area contributed by atoms with Gasteiger partial charge in [-0.3, -0.25) is 0 Å². The van der Waals surface area contributed by atoms with E-state index in [4.69, 9.17) is 0 Å². The Hall–Kier alpha value is -7.20. The maximum absolute atomic E-state index is 2.60. The van der Waals surface area contributed by atoms with E-state index in [9.17, 15) is 0 Å². The van der Waals surface area contributed by atoms with E-state index in [1.165, 1.54) is 119 Å². The first-order chi connectivity index (χ1) is 31.3. The molecule has 1 aliphatic rings. The summed E-state index contributed by atoms with van der Waals surface area (Å²) < 4.78 is 5.01. The Morgan fingerprint density at radius 1 is 0.349 bits per heavy atom. The molecule has 0 saturated heterocycles. The monoisotopic (exact) mass is 824 g/mol. The van der Waals surface area contributed by atoms with Gasteiger partial charge in [0.1, 0.15) is 0 Å². The lowest BCUT2D eigenvalue weighted by Gasteiger charge is -2.34. The van der Waals surface area contributed by atoms with Crippen LogP contribution in [0.1, 0.15) is 43.6 Å². The van der Waals surface area contributed by atoms with Gasteiger partial charge in [0.25, 0.3) is 0 Å². The molecule has 0 atom stereocenters. The first kappa shape index (κ1) is 37.5. The van der Waals surface area contributed by atoms with Crippen molar-refractivity contribution in [2.24, 2.45) is 0 Å². The van der Waals surface area contributed by atoms with Crippen LogP contribution in [0.15, 0.2) is 224 Å². The number of hydrogen-bond acceptors (Lipinski definition) is 0. The predicted octanol–water partition coefficient (Wildman–Crippen LogP) is 13.0. The molecule has 0 unspecified atom stereocenters. The van der Waals surface area contributed by atoms with Crippen LogP contribution in [-0.2, 0) is 0 Å². The molecule has 63 heavy (non-hydrogen) atoms. The van der Waals surface area contributed by atoms with Crippen LogP contribution in [0.2, 0.25) is 0 Å². The van der Waals surface area contributed by atoms with Gasteiger partial charge in [0.15, 0.2) is 8.07 Å². The third-order valence-corrected chi connectivity index (χ3v) is 18.9. The minimum Gasteiger partial charge on any atom is -0.307 e. The second-order valence-corrected chi connectivity index (χ2v) is 21.3. The highest BCUT2D eigenvalue weighted by atomic mass is 28.3. The zero-order valence-electron chi connectivity index (χ0n) is 35.4. The minimum absolute atomic E-state index is 0.658. The molecule has 0 spiro atoms. The average molecular weight is 825 g/mol. The maximum Gasteiger partial charge on any atom is 0.179 e. The molecular weight excluding hydrogens is 777 g/mol. The number of fused-ring (bicyclic) bond motifs is 6. The van der Waals surface area contributed by atoms with Crippen LogP contribution in [0.25, 0.3) is 66.1 Å². The fourth-order valence-corrected chi connectivity index (χ4v) is 15.9. The topological polar surface area (TPSA) is 9.86 Å². The Morgan fingerprint density at radius 3 is 1.43 bits per heavy atom. The van der Waals surface area contributed by atoms with E-state index in [1.807, 2.05) is 0 Å². The summed E-state index contributed by atoms with van der Waals surface area (Å²) in [7, 11) is -2.60. The highest BCUT2D eigenvalue weighted by molar-refractivity contribution is 7.19. The van der Waals surface area contributed by atoms with Gasteiger partial charge in [0, 0.05) is 27.2 Å². The SMILES string of the molecule is c1ccc([Si](c2ccccc2)(c2ccccc2)c2ccc(-c3ccc(-n4c5ccccc5c5cccc(-n6c7ccccc7c7cc(C8CCCCC8)ccc76)c54)cc3)cc2)cc1. The number of rotatable bonds is 8. The van der Waals surface area contributed by atoms with Gasteiger partial charge < -0.3 is 9.13 Å². The van der Waals surface area contributed by atoms with Crippen molar-refractivity contribution >= 4 is 72.4 Å². The number of aromatic nitrogens is 2. The lowest BCUT2D eigenvalue weighted by atomic mass is 9.84. The smallest absolute Gasteiger partial charge is 0.179 e. The van der Waals surface area contributed by atoms with Gasteiger partial charge in [-0.05, 0) is 98.7 Å². The molecule has 1 fully saturated rings. The first-order valence-corrected chi connectivity index (χ1v) is 24.7. The van der Waals surface area contributed by atoms with Gasteiger partial charge in [-0.2, -0.15) is 0 Å². The molecule has 12 rings (SSSR count).